The van der Waals surface area contributed by atoms with E-state index in [1.165, 1.54) is 110 Å². The van der Waals surface area contributed by atoms with E-state index in [0.29, 0.717) is 25.7 Å². The van der Waals surface area contributed by atoms with Crippen molar-refractivity contribution in [1.29, 1.82) is 0 Å². The average Bonchev–Trinajstić information content (AvgIpc) is 3.26. The summed E-state index contributed by atoms with van der Waals surface area (Å²) in [4.78, 5) is 38.1. The summed E-state index contributed by atoms with van der Waals surface area (Å²) in [7, 11) is 1.44. The Hall–Kier alpha value is -2.63. The lowest BCUT2D eigenvalue weighted by Crippen LogP contribution is -2.35. The number of rotatable bonds is 46. The molecule has 0 saturated heterocycles. The van der Waals surface area contributed by atoms with Crippen molar-refractivity contribution in [2.75, 3.05) is 7.11 Å². The lowest BCUT2D eigenvalue weighted by atomic mass is 9.99. The third-order valence-corrected chi connectivity index (χ3v) is 11.6. The minimum atomic E-state index is -0.412. The normalized spacial score (nSPS) is 12.9. The third-order valence-electron chi connectivity index (χ3n) is 11.6. The molecule has 0 aromatic rings. The molecule has 0 aliphatic carbocycles. The topological polar surface area (TPSA) is 78.9 Å². The van der Waals surface area contributed by atoms with E-state index in [0.717, 1.165) is 116 Å². The summed E-state index contributed by atoms with van der Waals surface area (Å²) in [6, 6.07) is 0. The maximum Gasteiger partial charge on any atom is 0.306 e. The minimum Gasteiger partial charge on any atom is -0.469 e. The van der Waals surface area contributed by atoms with Crippen LogP contribution in [-0.2, 0) is 28.6 Å². The van der Waals surface area contributed by atoms with Gasteiger partial charge >= 0.3 is 17.9 Å². The van der Waals surface area contributed by atoms with E-state index in [-0.39, 0.29) is 17.9 Å². The van der Waals surface area contributed by atoms with Gasteiger partial charge in [0.15, 0.2) is 0 Å². The Morgan fingerprint density at radius 3 is 0.984 bits per heavy atom. The van der Waals surface area contributed by atoms with Crippen LogP contribution < -0.4 is 0 Å². The largest absolute Gasteiger partial charge is 0.469 e. The first kappa shape index (κ1) is 58.4. The van der Waals surface area contributed by atoms with E-state index in [2.05, 4.69) is 69.4 Å². The van der Waals surface area contributed by atoms with Crippen molar-refractivity contribution in [3.8, 4) is 0 Å². The highest BCUT2D eigenvalue weighted by Gasteiger charge is 2.28. The van der Waals surface area contributed by atoms with Crippen molar-refractivity contribution in [2.24, 2.45) is 0 Å². The number of methoxy groups -OCH3 is 1. The lowest BCUT2D eigenvalue weighted by Gasteiger charge is -2.27. The number of unbranched alkanes of at least 4 members (excludes halogenated alkanes) is 25. The number of carbonyl (C=O) groups is 3. The molecule has 0 aromatic heterocycles. The predicted octanol–water partition coefficient (Wildman–Crippen LogP) is 17.1. The number of hydrogen-bond acceptors (Lipinski definition) is 6. The Kier molecular flexibility index (Phi) is 46.3. The summed E-state index contributed by atoms with van der Waals surface area (Å²) in [5.74, 6) is -0.471. The van der Waals surface area contributed by atoms with Crippen molar-refractivity contribution < 1.29 is 28.6 Å². The van der Waals surface area contributed by atoms with Crippen LogP contribution in [0, 0.1) is 0 Å². The summed E-state index contributed by atoms with van der Waals surface area (Å²) in [5, 5.41) is 0. The van der Waals surface area contributed by atoms with Gasteiger partial charge in [0.05, 0.1) is 7.11 Å². The standard InChI is InChI=1S/C55H98O6/c1-5-8-11-14-17-19-21-23-25-27-29-31-33-38-44-49-54(57)60-51(46-41-36-16-13-10-7-3)52(47-42-37-35-40-43-48-53(56)59-4)61-55(58)50-45-39-34-32-30-28-26-24-22-20-18-15-12-9-6-2/h17-20,23-26,51-52H,5-16,21-22,27-50H2,1-4H3/b19-17-,20-18-,25-23-,26-24-. The number of carbonyl (C=O) groups excluding carboxylic acids is 3. The van der Waals surface area contributed by atoms with Crippen LogP contribution >= 0.6 is 0 Å². The summed E-state index contributed by atoms with van der Waals surface area (Å²) in [6.45, 7) is 6.72. The molecule has 0 N–H and O–H groups in total. The Morgan fingerprint density at radius 2 is 0.623 bits per heavy atom. The fourth-order valence-corrected chi connectivity index (χ4v) is 7.63. The molecule has 0 aliphatic heterocycles. The van der Waals surface area contributed by atoms with Crippen molar-refractivity contribution in [3.63, 3.8) is 0 Å². The van der Waals surface area contributed by atoms with Gasteiger partial charge in [-0.25, -0.2) is 0 Å². The number of ether oxygens (including phenoxy) is 3. The second kappa shape index (κ2) is 48.4. The van der Waals surface area contributed by atoms with E-state index in [4.69, 9.17) is 14.2 Å². The second-order valence-corrected chi connectivity index (χ2v) is 17.5. The van der Waals surface area contributed by atoms with Crippen molar-refractivity contribution in [3.05, 3.63) is 48.6 Å². The van der Waals surface area contributed by atoms with Crippen molar-refractivity contribution in [1.82, 2.24) is 0 Å². The fourth-order valence-electron chi connectivity index (χ4n) is 7.63. The van der Waals surface area contributed by atoms with Crippen LogP contribution in [0.5, 0.6) is 0 Å². The van der Waals surface area contributed by atoms with Gasteiger partial charge in [-0.15, -0.1) is 0 Å². The van der Waals surface area contributed by atoms with Gasteiger partial charge in [-0.2, -0.15) is 0 Å². The monoisotopic (exact) mass is 855 g/mol. The molecule has 354 valence electrons. The molecule has 0 saturated carbocycles. The second-order valence-electron chi connectivity index (χ2n) is 17.5. The maximum atomic E-state index is 13.3. The highest BCUT2D eigenvalue weighted by molar-refractivity contribution is 5.70. The predicted molar refractivity (Wildman–Crippen MR) is 261 cm³/mol. The molecule has 0 fully saturated rings. The SMILES string of the molecule is CCCCC/C=C\C/C=C\CCCCCCCC(=O)OC(CCCCCCCC)C(CCCCCCCC(=O)OC)OC(=O)CCCCCCC/C=C\C/C=C\CCCCC. The zero-order chi connectivity index (χ0) is 44.5. The average molecular weight is 855 g/mol. The summed E-state index contributed by atoms with van der Waals surface area (Å²) in [6.07, 6.45) is 57.1. The van der Waals surface area contributed by atoms with Crippen LogP contribution in [-0.4, -0.2) is 37.2 Å². The molecule has 6 heteroatoms. The molecule has 6 nitrogen and oxygen atoms in total. The van der Waals surface area contributed by atoms with E-state index in [1.54, 1.807) is 0 Å². The quantitative estimate of drug-likeness (QED) is 0.0263. The summed E-state index contributed by atoms with van der Waals surface area (Å²) >= 11 is 0. The number of esters is 3. The van der Waals surface area contributed by atoms with Crippen molar-refractivity contribution >= 4 is 17.9 Å². The van der Waals surface area contributed by atoms with Crippen LogP contribution in [0.1, 0.15) is 265 Å². The van der Waals surface area contributed by atoms with E-state index >= 15 is 0 Å². The maximum absolute atomic E-state index is 13.3. The fraction of sp³-hybridized carbons (Fsp3) is 0.800. The molecule has 0 amide bonds. The Morgan fingerprint density at radius 1 is 0.344 bits per heavy atom. The molecule has 2 unspecified atom stereocenters. The molecular formula is C55H98O6. The molecule has 0 heterocycles. The molecule has 0 aromatic carbocycles. The third kappa shape index (κ3) is 43.8. The summed E-state index contributed by atoms with van der Waals surface area (Å²) in [5.41, 5.74) is 0. The smallest absolute Gasteiger partial charge is 0.306 e. The zero-order valence-electron chi connectivity index (χ0n) is 40.6. The Labute approximate surface area is 378 Å². The van der Waals surface area contributed by atoms with Gasteiger partial charge in [-0.1, -0.05) is 185 Å². The molecule has 61 heavy (non-hydrogen) atoms. The highest BCUT2D eigenvalue weighted by Crippen LogP contribution is 2.23. The van der Waals surface area contributed by atoms with Gasteiger partial charge in [0.2, 0.25) is 0 Å². The van der Waals surface area contributed by atoms with E-state index in [9.17, 15) is 14.4 Å². The first-order valence-electron chi connectivity index (χ1n) is 26.0. The number of allylic oxidation sites excluding steroid dienone is 8. The van der Waals surface area contributed by atoms with Crippen LogP contribution in [0.2, 0.25) is 0 Å². The first-order chi connectivity index (χ1) is 30.0. The molecular weight excluding hydrogens is 757 g/mol. The Balaban J connectivity index is 4.99. The summed E-state index contributed by atoms with van der Waals surface area (Å²) < 4.78 is 17.3. The molecule has 0 rings (SSSR count). The Bertz CT molecular complexity index is 1090. The van der Waals surface area contributed by atoms with Crippen LogP contribution in [0.25, 0.3) is 0 Å². The molecule has 2 atom stereocenters. The van der Waals surface area contributed by atoms with Gasteiger partial charge in [0, 0.05) is 19.3 Å². The molecule has 0 bridgehead atoms. The van der Waals surface area contributed by atoms with E-state index < -0.39 is 12.2 Å². The molecule has 0 radical (unpaired) electrons. The van der Waals surface area contributed by atoms with Gasteiger partial charge in [-0.05, 0) is 109 Å². The first-order valence-corrected chi connectivity index (χ1v) is 26.0. The van der Waals surface area contributed by atoms with Crippen LogP contribution in [0.3, 0.4) is 0 Å². The van der Waals surface area contributed by atoms with Crippen molar-refractivity contribution in [2.45, 2.75) is 277 Å². The molecule has 0 spiro atoms. The zero-order valence-corrected chi connectivity index (χ0v) is 40.6. The van der Waals surface area contributed by atoms with Crippen LogP contribution in [0.15, 0.2) is 48.6 Å². The van der Waals surface area contributed by atoms with Gasteiger partial charge < -0.3 is 14.2 Å². The van der Waals surface area contributed by atoms with Gasteiger partial charge in [0.1, 0.15) is 12.2 Å². The van der Waals surface area contributed by atoms with Gasteiger partial charge in [-0.3, -0.25) is 14.4 Å². The number of hydrogen-bond donors (Lipinski definition) is 0. The molecule has 0 aliphatic rings. The van der Waals surface area contributed by atoms with E-state index in [1.807, 2.05) is 0 Å². The van der Waals surface area contributed by atoms with Gasteiger partial charge in [0.25, 0.3) is 0 Å². The van der Waals surface area contributed by atoms with Crippen LogP contribution in [0.4, 0.5) is 0 Å². The highest BCUT2D eigenvalue weighted by atomic mass is 16.6. The minimum absolute atomic E-state index is 0.153. The lowest BCUT2D eigenvalue weighted by molar-refractivity contribution is -0.169.